The molecule has 0 aliphatic rings. The molecular formula is C12H13NO. The lowest BCUT2D eigenvalue weighted by Gasteiger charge is -2.02. The number of amides is 1. The van der Waals surface area contributed by atoms with Crippen LogP contribution in [0.2, 0.25) is 0 Å². The summed E-state index contributed by atoms with van der Waals surface area (Å²) in [7, 11) is 0. The number of benzene rings is 1. The first kappa shape index (κ1) is 10.3. The molecule has 0 saturated heterocycles. The number of carbonyl (C=O) groups is 1. The lowest BCUT2D eigenvalue weighted by Crippen LogP contribution is -2.09. The van der Waals surface area contributed by atoms with Crippen molar-refractivity contribution in [1.29, 1.82) is 0 Å². The van der Waals surface area contributed by atoms with Crippen LogP contribution in [0.3, 0.4) is 0 Å². The topological polar surface area (TPSA) is 29.1 Å². The molecule has 1 N–H and O–H groups in total. The van der Waals surface area contributed by atoms with E-state index in [4.69, 9.17) is 0 Å². The van der Waals surface area contributed by atoms with Crippen LogP contribution in [0.5, 0.6) is 0 Å². The molecule has 1 rings (SSSR count). The zero-order valence-electron chi connectivity index (χ0n) is 8.42. The smallest absolute Gasteiger partial charge is 0.224 e. The molecular weight excluding hydrogens is 174 g/mol. The fraction of sp³-hybridized carbons (Fsp3) is 0.250. The van der Waals surface area contributed by atoms with E-state index < -0.39 is 0 Å². The standard InChI is InChI=1S/C12H13NO/c1-3-6-10-7-5-8-11(9-10)13-12(14)4-2/h5,7-9H,4H2,1-2H3,(H,13,14). The van der Waals surface area contributed by atoms with Crippen molar-refractivity contribution in [3.05, 3.63) is 29.8 Å². The zero-order chi connectivity index (χ0) is 10.4. The summed E-state index contributed by atoms with van der Waals surface area (Å²) in [6, 6.07) is 7.52. The third-order valence-electron chi connectivity index (χ3n) is 1.74. The van der Waals surface area contributed by atoms with Crippen molar-refractivity contribution in [1.82, 2.24) is 0 Å². The maximum absolute atomic E-state index is 11.1. The van der Waals surface area contributed by atoms with Gasteiger partial charge >= 0.3 is 0 Å². The van der Waals surface area contributed by atoms with Gasteiger partial charge in [-0.05, 0) is 25.1 Å². The number of hydrogen-bond acceptors (Lipinski definition) is 1. The Kier molecular flexibility index (Phi) is 3.75. The number of rotatable bonds is 2. The highest BCUT2D eigenvalue weighted by atomic mass is 16.1. The van der Waals surface area contributed by atoms with Gasteiger partial charge in [0.15, 0.2) is 0 Å². The molecule has 72 valence electrons. The summed E-state index contributed by atoms with van der Waals surface area (Å²) in [6.07, 6.45) is 0.490. The highest BCUT2D eigenvalue weighted by molar-refractivity contribution is 5.90. The summed E-state index contributed by atoms with van der Waals surface area (Å²) in [6.45, 7) is 3.61. The van der Waals surface area contributed by atoms with Crippen LogP contribution in [0, 0.1) is 11.8 Å². The first-order valence-electron chi connectivity index (χ1n) is 4.59. The Morgan fingerprint density at radius 3 is 2.93 bits per heavy atom. The average molecular weight is 187 g/mol. The van der Waals surface area contributed by atoms with E-state index in [9.17, 15) is 4.79 Å². The average Bonchev–Trinajstić information content (AvgIpc) is 2.19. The van der Waals surface area contributed by atoms with Gasteiger partial charge < -0.3 is 5.32 Å². The molecule has 1 aromatic carbocycles. The predicted octanol–water partition coefficient (Wildman–Crippen LogP) is 2.41. The van der Waals surface area contributed by atoms with Crippen LogP contribution in [0.1, 0.15) is 25.8 Å². The van der Waals surface area contributed by atoms with Gasteiger partial charge in [-0.2, -0.15) is 0 Å². The van der Waals surface area contributed by atoms with Crippen LogP contribution in [0.25, 0.3) is 0 Å². The van der Waals surface area contributed by atoms with E-state index >= 15 is 0 Å². The van der Waals surface area contributed by atoms with Crippen LogP contribution in [0.4, 0.5) is 5.69 Å². The summed E-state index contributed by atoms with van der Waals surface area (Å²) >= 11 is 0. The SMILES string of the molecule is CC#Cc1cccc(NC(=O)CC)c1. The van der Waals surface area contributed by atoms with E-state index in [2.05, 4.69) is 17.2 Å². The number of nitrogens with one attached hydrogen (secondary N) is 1. The van der Waals surface area contributed by atoms with Gasteiger partial charge in [0, 0.05) is 17.7 Å². The Bertz CT molecular complexity index is 385. The van der Waals surface area contributed by atoms with Crippen molar-refractivity contribution >= 4 is 11.6 Å². The molecule has 0 saturated carbocycles. The number of anilines is 1. The minimum absolute atomic E-state index is 0.0200. The van der Waals surface area contributed by atoms with Crippen molar-refractivity contribution in [3.63, 3.8) is 0 Å². The van der Waals surface area contributed by atoms with E-state index in [1.165, 1.54) is 0 Å². The first-order valence-corrected chi connectivity index (χ1v) is 4.59. The second-order valence-corrected chi connectivity index (χ2v) is 2.86. The minimum atomic E-state index is 0.0200. The van der Waals surface area contributed by atoms with Crippen molar-refractivity contribution in [2.24, 2.45) is 0 Å². The van der Waals surface area contributed by atoms with Gasteiger partial charge in [-0.25, -0.2) is 0 Å². The fourth-order valence-electron chi connectivity index (χ4n) is 1.07. The minimum Gasteiger partial charge on any atom is -0.326 e. The van der Waals surface area contributed by atoms with E-state index in [-0.39, 0.29) is 5.91 Å². The molecule has 0 spiro atoms. The third-order valence-corrected chi connectivity index (χ3v) is 1.74. The van der Waals surface area contributed by atoms with Crippen LogP contribution < -0.4 is 5.32 Å². The first-order chi connectivity index (χ1) is 6.76. The van der Waals surface area contributed by atoms with Gasteiger partial charge in [0.2, 0.25) is 5.91 Å². The highest BCUT2D eigenvalue weighted by Gasteiger charge is 1.98. The van der Waals surface area contributed by atoms with Crippen LogP contribution in [-0.2, 0) is 4.79 Å². The molecule has 0 aliphatic carbocycles. The molecule has 0 heterocycles. The summed E-state index contributed by atoms with van der Waals surface area (Å²) in [5.41, 5.74) is 1.72. The molecule has 2 heteroatoms. The van der Waals surface area contributed by atoms with E-state index in [1.807, 2.05) is 31.2 Å². The van der Waals surface area contributed by atoms with Gasteiger partial charge in [-0.15, -0.1) is 5.92 Å². The maximum atomic E-state index is 11.1. The molecule has 1 amide bonds. The van der Waals surface area contributed by atoms with Gasteiger partial charge in [-0.3, -0.25) is 4.79 Å². The molecule has 0 aliphatic heterocycles. The second-order valence-electron chi connectivity index (χ2n) is 2.86. The van der Waals surface area contributed by atoms with Crippen LogP contribution >= 0.6 is 0 Å². The normalized spacial score (nSPS) is 8.71. The van der Waals surface area contributed by atoms with Crippen LogP contribution in [-0.4, -0.2) is 5.91 Å². The molecule has 0 bridgehead atoms. The largest absolute Gasteiger partial charge is 0.326 e. The Hall–Kier alpha value is -1.75. The van der Waals surface area contributed by atoms with Crippen molar-refractivity contribution in [2.45, 2.75) is 20.3 Å². The van der Waals surface area contributed by atoms with Gasteiger partial charge in [0.05, 0.1) is 0 Å². The van der Waals surface area contributed by atoms with Crippen molar-refractivity contribution < 1.29 is 4.79 Å². The highest BCUT2D eigenvalue weighted by Crippen LogP contribution is 2.09. The van der Waals surface area contributed by atoms with Crippen LogP contribution in [0.15, 0.2) is 24.3 Å². The number of hydrogen-bond donors (Lipinski definition) is 1. The third kappa shape index (κ3) is 2.95. The molecule has 1 aromatic rings. The van der Waals surface area contributed by atoms with Crippen molar-refractivity contribution in [3.8, 4) is 11.8 Å². The Labute approximate surface area is 84.3 Å². The molecule has 2 nitrogen and oxygen atoms in total. The maximum Gasteiger partial charge on any atom is 0.224 e. The lowest BCUT2D eigenvalue weighted by molar-refractivity contribution is -0.115. The molecule has 0 fully saturated rings. The summed E-state index contributed by atoms with van der Waals surface area (Å²) in [4.78, 5) is 11.1. The van der Waals surface area contributed by atoms with Gasteiger partial charge in [-0.1, -0.05) is 18.9 Å². The monoisotopic (exact) mass is 187 g/mol. The Balaban J connectivity index is 2.81. The molecule has 0 radical (unpaired) electrons. The Morgan fingerprint density at radius 2 is 2.29 bits per heavy atom. The molecule has 14 heavy (non-hydrogen) atoms. The van der Waals surface area contributed by atoms with E-state index in [0.29, 0.717) is 6.42 Å². The summed E-state index contributed by atoms with van der Waals surface area (Å²) in [5.74, 6) is 5.77. The van der Waals surface area contributed by atoms with Crippen molar-refractivity contribution in [2.75, 3.05) is 5.32 Å². The van der Waals surface area contributed by atoms with Gasteiger partial charge in [0.1, 0.15) is 0 Å². The second kappa shape index (κ2) is 5.08. The van der Waals surface area contributed by atoms with E-state index in [0.717, 1.165) is 11.3 Å². The molecule has 0 unspecified atom stereocenters. The molecule has 0 aromatic heterocycles. The fourth-order valence-corrected chi connectivity index (χ4v) is 1.07. The molecule has 0 atom stereocenters. The van der Waals surface area contributed by atoms with Gasteiger partial charge in [0.25, 0.3) is 0 Å². The van der Waals surface area contributed by atoms with E-state index in [1.54, 1.807) is 6.92 Å². The predicted molar refractivity (Wildman–Crippen MR) is 57.9 cm³/mol. The Morgan fingerprint density at radius 1 is 1.50 bits per heavy atom. The quantitative estimate of drug-likeness (QED) is 0.708. The zero-order valence-corrected chi connectivity index (χ0v) is 8.42. The summed E-state index contributed by atoms with van der Waals surface area (Å²) in [5, 5.41) is 2.78. The summed E-state index contributed by atoms with van der Waals surface area (Å²) < 4.78 is 0. The lowest BCUT2D eigenvalue weighted by atomic mass is 10.2. The number of carbonyl (C=O) groups excluding carboxylic acids is 1.